The van der Waals surface area contributed by atoms with Gasteiger partial charge in [-0.3, -0.25) is 33.6 Å². The summed E-state index contributed by atoms with van der Waals surface area (Å²) in [6.45, 7) is 9.22. The predicted octanol–water partition coefficient (Wildman–Crippen LogP) is 11.8. The van der Waals surface area contributed by atoms with E-state index in [0.717, 1.165) is 77.0 Å². The fraction of sp³-hybridized carbons (Fsp3) is 0.831. The summed E-state index contributed by atoms with van der Waals surface area (Å²) in [5.41, 5.74) is 22.0. The number of amides is 7. The average molecular weight is 1200 g/mol. The second-order valence-corrected chi connectivity index (χ2v) is 23.1. The Balaban J connectivity index is 6.22. The molecule has 0 aromatic carbocycles. The van der Waals surface area contributed by atoms with Gasteiger partial charge in [-0.05, 0) is 90.0 Å². The quantitative estimate of drug-likeness (QED) is 0.0159. The van der Waals surface area contributed by atoms with E-state index in [1.165, 1.54) is 135 Å². The number of nitrogens with two attached hydrogens (primary N) is 2. The fourth-order valence-corrected chi connectivity index (χ4v) is 9.55. The second kappa shape index (κ2) is 60.6. The summed E-state index contributed by atoms with van der Waals surface area (Å²) in [6.07, 6.45) is 46.9. The maximum Gasteiger partial charge on any atom is 0.262 e. The van der Waals surface area contributed by atoms with Gasteiger partial charge in [-0.15, -0.1) is 0 Å². The van der Waals surface area contributed by atoms with Crippen molar-refractivity contribution < 1.29 is 33.6 Å². The summed E-state index contributed by atoms with van der Waals surface area (Å²) in [5.74, 6) is -4.32. The Morgan fingerprint density at radius 3 is 0.941 bits per heavy atom. The monoisotopic (exact) mass is 1200 g/mol. The Bertz CT molecular complexity index is 1820. The topological polar surface area (TPSA) is 305 Å². The van der Waals surface area contributed by atoms with E-state index < -0.39 is 65.5 Å². The Morgan fingerprint density at radius 1 is 0.318 bits per heavy atom. The molecule has 0 fully saturated rings. The molecule has 0 heterocycles. The first-order valence-electron chi connectivity index (χ1n) is 34.0. The zero-order valence-electron chi connectivity index (χ0n) is 53.9. The summed E-state index contributed by atoms with van der Waals surface area (Å²) >= 11 is 0. The lowest BCUT2D eigenvalue weighted by Gasteiger charge is -2.24. The third-order valence-electron chi connectivity index (χ3n) is 15.0. The van der Waals surface area contributed by atoms with Gasteiger partial charge in [-0.2, -0.15) is 20.4 Å². The number of carbonyl (C=O) groups excluding carboxylic acids is 7. The third kappa shape index (κ3) is 51.8. The van der Waals surface area contributed by atoms with Crippen molar-refractivity contribution in [1.82, 2.24) is 37.7 Å². The molecule has 20 heteroatoms. The zero-order chi connectivity index (χ0) is 62.5. The Morgan fingerprint density at radius 2 is 0.600 bits per heavy atom. The molecule has 0 aliphatic carbocycles. The molecule has 0 aromatic rings. The van der Waals surface area contributed by atoms with Gasteiger partial charge in [0.1, 0.15) is 18.1 Å². The van der Waals surface area contributed by atoms with Crippen LogP contribution in [0.3, 0.4) is 0 Å². The first-order chi connectivity index (χ1) is 41.4. The molecule has 0 saturated heterocycles. The van der Waals surface area contributed by atoms with Crippen LogP contribution in [-0.4, -0.2) is 96.9 Å². The van der Waals surface area contributed by atoms with E-state index in [1.54, 1.807) is 24.9 Å². The van der Waals surface area contributed by atoms with Crippen LogP contribution < -0.4 is 49.1 Å². The number of unbranched alkanes of at least 4 members (excludes halogenated alkanes) is 33. The van der Waals surface area contributed by atoms with Crippen molar-refractivity contribution in [3.8, 4) is 0 Å². The van der Waals surface area contributed by atoms with Crippen LogP contribution in [0.1, 0.15) is 317 Å². The highest BCUT2D eigenvalue weighted by Crippen LogP contribution is 2.14. The summed E-state index contributed by atoms with van der Waals surface area (Å²) in [4.78, 5) is 95.0. The first-order valence-corrected chi connectivity index (χ1v) is 34.0. The minimum absolute atomic E-state index is 0.0840. The van der Waals surface area contributed by atoms with Crippen LogP contribution in [0.2, 0.25) is 0 Å². The van der Waals surface area contributed by atoms with Gasteiger partial charge in [0.25, 0.3) is 11.8 Å². The lowest BCUT2D eigenvalue weighted by Crippen LogP contribution is -2.56. The second-order valence-electron chi connectivity index (χ2n) is 23.1. The van der Waals surface area contributed by atoms with Crippen LogP contribution in [0, 0.1) is 0 Å². The smallest absolute Gasteiger partial charge is 0.262 e. The Kier molecular flexibility index (Phi) is 56.9. The molecular weight excluding hydrogens is 1070 g/mol. The van der Waals surface area contributed by atoms with Gasteiger partial charge in [-0.1, -0.05) is 214 Å². The van der Waals surface area contributed by atoms with Gasteiger partial charge in [-0.25, -0.2) is 21.7 Å². The minimum atomic E-state index is -1.38. The van der Waals surface area contributed by atoms with Gasteiger partial charge >= 0.3 is 0 Å². The molecule has 0 aliphatic rings. The van der Waals surface area contributed by atoms with E-state index in [4.69, 9.17) is 11.5 Å². The third-order valence-corrected chi connectivity index (χ3v) is 15.0. The largest absolute Gasteiger partial charge is 0.344 e. The lowest BCUT2D eigenvalue weighted by atomic mass is 10.0. The van der Waals surface area contributed by atoms with E-state index >= 15 is 0 Å². The standard InChI is InChI=1S/C65H123N13O7/c1-5-9-13-17-21-25-29-33-39-51-68-75-60(80)48-45-57(64(84)77-70-53-41-35-31-27-23-19-15-11-7-3)72-59(79)47-44-56(73-62(82)55(67)43-37-38-50-66)63(83)74-58(65(85)78-71-54-42-36-32-28-24-20-16-12-8-4)46-49-61(81)76-69-52-40-34-30-26-22-18-14-10-6-2/h51-58H,5-50,66-67H2,1-4H3,(H,72,79)(H,73,82)(H,74,83)(H,75,80)(H,76,81)(H,77,84)(H,78,85)/b68-51+,69-52+,70-53+,71-54+/t55-,56-,57-,58-/m0/s1. The first kappa shape index (κ1) is 79.9. The summed E-state index contributed by atoms with van der Waals surface area (Å²) in [5, 5.41) is 24.5. The van der Waals surface area contributed by atoms with Crippen LogP contribution in [0.25, 0.3) is 0 Å². The van der Waals surface area contributed by atoms with Gasteiger partial charge < -0.3 is 27.4 Å². The van der Waals surface area contributed by atoms with Crippen molar-refractivity contribution in [1.29, 1.82) is 0 Å². The van der Waals surface area contributed by atoms with Crippen LogP contribution in [0.5, 0.6) is 0 Å². The van der Waals surface area contributed by atoms with E-state index in [-0.39, 0.29) is 44.9 Å². The van der Waals surface area contributed by atoms with Crippen molar-refractivity contribution >= 4 is 66.2 Å². The Labute approximate surface area is 514 Å². The van der Waals surface area contributed by atoms with E-state index in [0.29, 0.717) is 38.6 Å². The van der Waals surface area contributed by atoms with Crippen LogP contribution >= 0.6 is 0 Å². The molecule has 490 valence electrons. The molecule has 85 heavy (non-hydrogen) atoms. The highest BCUT2D eigenvalue weighted by Gasteiger charge is 2.30. The molecule has 0 unspecified atom stereocenters. The molecule has 4 atom stereocenters. The van der Waals surface area contributed by atoms with Gasteiger partial charge in [0.05, 0.1) is 6.04 Å². The predicted molar refractivity (Wildman–Crippen MR) is 350 cm³/mol. The lowest BCUT2D eigenvalue weighted by molar-refractivity contribution is -0.133. The molecule has 0 aliphatic heterocycles. The van der Waals surface area contributed by atoms with E-state index in [1.807, 2.05) is 0 Å². The summed E-state index contributed by atoms with van der Waals surface area (Å²) < 4.78 is 0. The molecule has 11 N–H and O–H groups in total. The number of hydrogen-bond donors (Lipinski definition) is 9. The molecule has 20 nitrogen and oxygen atoms in total. The fourth-order valence-electron chi connectivity index (χ4n) is 9.55. The molecular formula is C65H123N13O7. The van der Waals surface area contributed by atoms with Crippen molar-refractivity contribution in [2.24, 2.45) is 31.9 Å². The molecule has 0 rings (SSSR count). The highest BCUT2D eigenvalue weighted by atomic mass is 16.2. The highest BCUT2D eigenvalue weighted by molar-refractivity contribution is 5.94. The van der Waals surface area contributed by atoms with Crippen molar-refractivity contribution in [3.05, 3.63) is 0 Å². The van der Waals surface area contributed by atoms with Gasteiger partial charge in [0.15, 0.2) is 0 Å². The molecule has 0 aromatic heterocycles. The molecule has 0 radical (unpaired) electrons. The molecule has 0 spiro atoms. The molecule has 0 bridgehead atoms. The van der Waals surface area contributed by atoms with Crippen LogP contribution in [0.4, 0.5) is 0 Å². The van der Waals surface area contributed by atoms with E-state index in [9.17, 15) is 33.6 Å². The Hall–Kier alpha value is -5.11. The number of nitrogens with zero attached hydrogens (tertiary/aromatic N) is 4. The zero-order valence-corrected chi connectivity index (χ0v) is 53.9. The minimum Gasteiger partial charge on any atom is -0.344 e. The number of hydrazone groups is 4. The maximum absolute atomic E-state index is 14.3. The SMILES string of the molecule is CCCCCCCCCC/C=N/NC(=O)CC[C@H](NC(=O)CC[C@H](NC(=O)[C@@H](N)CCCCN)C(=O)N[C@@H](CCC(=O)N/N=C/CCCCCCCCCC)C(=O)N/N=C/CCCCCCCCCC)C(=O)N/N=C/CCCCCCCCCC. The maximum atomic E-state index is 14.3. The normalized spacial score (nSPS) is 13.1. The van der Waals surface area contributed by atoms with Crippen molar-refractivity contribution in [2.75, 3.05) is 6.54 Å². The van der Waals surface area contributed by atoms with Crippen LogP contribution in [0.15, 0.2) is 20.4 Å². The summed E-state index contributed by atoms with van der Waals surface area (Å²) in [7, 11) is 0. The van der Waals surface area contributed by atoms with Crippen molar-refractivity contribution in [3.63, 3.8) is 0 Å². The van der Waals surface area contributed by atoms with E-state index in [2.05, 4.69) is 85.8 Å². The molecule has 0 saturated carbocycles. The van der Waals surface area contributed by atoms with Gasteiger partial charge in [0.2, 0.25) is 29.5 Å². The number of nitrogens with one attached hydrogen (secondary N) is 7. The molecule has 7 amide bonds. The number of rotatable bonds is 60. The number of hydrogen-bond acceptors (Lipinski definition) is 13. The number of carbonyl (C=O) groups is 7. The van der Waals surface area contributed by atoms with Crippen molar-refractivity contribution in [2.45, 2.75) is 341 Å². The van der Waals surface area contributed by atoms with Gasteiger partial charge in [0, 0.05) is 44.1 Å². The van der Waals surface area contributed by atoms with Crippen LogP contribution in [-0.2, 0) is 33.6 Å². The average Bonchev–Trinajstić information content (AvgIpc) is 3.68. The summed E-state index contributed by atoms with van der Waals surface area (Å²) in [6, 6.07) is -4.86.